The van der Waals surface area contributed by atoms with Crippen LogP contribution in [0.5, 0.6) is 0 Å². The molecule has 0 radical (unpaired) electrons. The topological polar surface area (TPSA) is 74.6 Å². The van der Waals surface area contributed by atoms with Crippen molar-refractivity contribution in [1.29, 1.82) is 0 Å². The highest BCUT2D eigenvalue weighted by Gasteiger charge is 2.15. The molecule has 0 atom stereocenters. The van der Waals surface area contributed by atoms with Crippen molar-refractivity contribution in [2.24, 2.45) is 12.0 Å². The van der Waals surface area contributed by atoms with Crippen molar-refractivity contribution >= 4 is 17.6 Å². The van der Waals surface area contributed by atoms with Gasteiger partial charge < -0.3 is 15.5 Å². The fraction of sp³-hybridized carbons (Fsp3) is 0.476. The molecule has 0 aliphatic rings. The summed E-state index contributed by atoms with van der Waals surface area (Å²) in [4.78, 5) is 18.1. The number of carbonyl (C=O) groups is 1. The van der Waals surface area contributed by atoms with E-state index in [9.17, 15) is 4.79 Å². The first kappa shape index (κ1) is 21.5. The van der Waals surface area contributed by atoms with Crippen LogP contribution < -0.4 is 10.6 Å². The van der Waals surface area contributed by atoms with Crippen molar-refractivity contribution in [1.82, 2.24) is 20.0 Å². The van der Waals surface area contributed by atoms with Gasteiger partial charge in [-0.2, -0.15) is 5.10 Å². The number of aliphatic imine (C=N–C) groups is 1. The Balaban J connectivity index is 2.14. The van der Waals surface area contributed by atoms with Crippen LogP contribution in [-0.2, 0) is 24.9 Å². The van der Waals surface area contributed by atoms with Crippen molar-refractivity contribution < 1.29 is 4.79 Å². The van der Waals surface area contributed by atoms with E-state index in [4.69, 9.17) is 4.99 Å². The number of hydrogen-bond acceptors (Lipinski definition) is 3. The molecule has 1 aromatic carbocycles. The Kier molecular flexibility index (Phi) is 7.61. The zero-order chi connectivity index (χ0) is 20.7. The lowest BCUT2D eigenvalue weighted by atomic mass is 10.1. The molecule has 0 spiro atoms. The Hall–Kier alpha value is -2.83. The summed E-state index contributed by atoms with van der Waals surface area (Å²) in [6, 6.07) is 7.77. The first-order valence-corrected chi connectivity index (χ1v) is 9.68. The molecular formula is C21H32N6O. The zero-order valence-corrected chi connectivity index (χ0v) is 17.8. The molecule has 7 nitrogen and oxygen atoms in total. The van der Waals surface area contributed by atoms with Crippen molar-refractivity contribution in [3.63, 3.8) is 0 Å². The third kappa shape index (κ3) is 6.11. The van der Waals surface area contributed by atoms with Gasteiger partial charge in [0.1, 0.15) is 0 Å². The summed E-state index contributed by atoms with van der Waals surface area (Å²) in [7, 11) is 3.99. The molecule has 2 rings (SSSR count). The third-order valence-corrected chi connectivity index (χ3v) is 4.25. The quantitative estimate of drug-likeness (QED) is 0.568. The van der Waals surface area contributed by atoms with E-state index in [2.05, 4.69) is 47.6 Å². The maximum atomic E-state index is 11.3. The largest absolute Gasteiger partial charge is 0.357 e. The van der Waals surface area contributed by atoms with Crippen molar-refractivity contribution in [3.05, 3.63) is 47.3 Å². The number of benzene rings is 1. The van der Waals surface area contributed by atoms with Gasteiger partial charge >= 0.3 is 0 Å². The second-order valence-electron chi connectivity index (χ2n) is 7.28. The molecule has 0 saturated carbocycles. The normalized spacial score (nSPS) is 11.6. The number of aromatic nitrogens is 2. The SMILES string of the molecule is CCNC(=NCc1cccc(NC(C)=O)c1)N(C)Cc1cn(C)nc1C(C)C. The van der Waals surface area contributed by atoms with Gasteiger partial charge in [-0.05, 0) is 30.5 Å². The minimum atomic E-state index is -0.0776. The number of anilines is 1. The monoisotopic (exact) mass is 384 g/mol. The molecule has 7 heteroatoms. The van der Waals surface area contributed by atoms with Gasteiger partial charge in [-0.1, -0.05) is 26.0 Å². The zero-order valence-electron chi connectivity index (χ0n) is 17.8. The predicted molar refractivity (Wildman–Crippen MR) is 114 cm³/mol. The molecule has 0 bridgehead atoms. The van der Waals surface area contributed by atoms with Crippen LogP contribution in [0.25, 0.3) is 0 Å². The van der Waals surface area contributed by atoms with Gasteiger partial charge in [-0.25, -0.2) is 4.99 Å². The lowest BCUT2D eigenvalue weighted by Gasteiger charge is -2.22. The Labute approximate surface area is 167 Å². The minimum Gasteiger partial charge on any atom is -0.357 e. The first-order chi connectivity index (χ1) is 13.3. The summed E-state index contributed by atoms with van der Waals surface area (Å²) in [5, 5.41) is 10.8. The molecule has 152 valence electrons. The maximum Gasteiger partial charge on any atom is 0.221 e. The Morgan fingerprint density at radius 2 is 2.11 bits per heavy atom. The standard InChI is InChI=1S/C21H32N6O/c1-7-22-21(23-12-17-9-8-10-19(11-17)24-16(4)28)26(5)13-18-14-27(6)25-20(18)15(2)3/h8-11,14-15H,7,12-13H2,1-6H3,(H,22,23)(H,24,28). The molecule has 0 fully saturated rings. The number of nitrogens with zero attached hydrogens (tertiary/aromatic N) is 4. The summed E-state index contributed by atoms with van der Waals surface area (Å²) in [5.41, 5.74) is 4.15. The number of nitrogens with one attached hydrogen (secondary N) is 2. The van der Waals surface area contributed by atoms with Gasteiger partial charge in [0.2, 0.25) is 5.91 Å². The molecule has 0 saturated heterocycles. The van der Waals surface area contributed by atoms with Crippen LogP contribution in [0.15, 0.2) is 35.5 Å². The van der Waals surface area contributed by atoms with Gasteiger partial charge in [-0.15, -0.1) is 0 Å². The van der Waals surface area contributed by atoms with E-state index < -0.39 is 0 Å². The van der Waals surface area contributed by atoms with Crippen LogP contribution in [-0.4, -0.2) is 40.1 Å². The van der Waals surface area contributed by atoms with Crippen LogP contribution in [0, 0.1) is 0 Å². The van der Waals surface area contributed by atoms with Crippen molar-refractivity contribution in [2.45, 2.75) is 46.7 Å². The lowest BCUT2D eigenvalue weighted by Crippen LogP contribution is -2.38. The second kappa shape index (κ2) is 9.92. The summed E-state index contributed by atoms with van der Waals surface area (Å²) in [5.74, 6) is 1.14. The highest BCUT2D eigenvalue weighted by molar-refractivity contribution is 5.88. The fourth-order valence-electron chi connectivity index (χ4n) is 3.08. The van der Waals surface area contributed by atoms with E-state index in [-0.39, 0.29) is 5.91 Å². The summed E-state index contributed by atoms with van der Waals surface area (Å²) in [6.07, 6.45) is 2.08. The molecule has 28 heavy (non-hydrogen) atoms. The molecule has 2 aromatic rings. The Bertz CT molecular complexity index is 824. The van der Waals surface area contributed by atoms with E-state index in [1.54, 1.807) is 0 Å². The number of aryl methyl sites for hydroxylation is 1. The van der Waals surface area contributed by atoms with Gasteiger partial charge in [-0.3, -0.25) is 9.48 Å². The Morgan fingerprint density at radius 1 is 1.36 bits per heavy atom. The minimum absolute atomic E-state index is 0.0776. The molecule has 0 unspecified atom stereocenters. The number of hydrogen-bond donors (Lipinski definition) is 2. The van der Waals surface area contributed by atoms with Crippen LogP contribution in [0.2, 0.25) is 0 Å². The summed E-state index contributed by atoms with van der Waals surface area (Å²) >= 11 is 0. The van der Waals surface area contributed by atoms with E-state index in [1.165, 1.54) is 12.5 Å². The van der Waals surface area contributed by atoms with Crippen LogP contribution in [0.1, 0.15) is 50.4 Å². The molecule has 1 aromatic heterocycles. The third-order valence-electron chi connectivity index (χ3n) is 4.25. The maximum absolute atomic E-state index is 11.3. The van der Waals surface area contributed by atoms with E-state index in [0.717, 1.165) is 36.0 Å². The lowest BCUT2D eigenvalue weighted by molar-refractivity contribution is -0.114. The molecular weight excluding hydrogens is 352 g/mol. The van der Waals surface area contributed by atoms with Crippen LogP contribution in [0.3, 0.4) is 0 Å². The van der Waals surface area contributed by atoms with Gasteiger partial charge in [0.05, 0.1) is 12.2 Å². The van der Waals surface area contributed by atoms with E-state index >= 15 is 0 Å². The fourth-order valence-corrected chi connectivity index (χ4v) is 3.08. The highest BCUT2D eigenvalue weighted by Crippen LogP contribution is 2.19. The van der Waals surface area contributed by atoms with Gasteiger partial charge in [0, 0.05) is 51.6 Å². The highest BCUT2D eigenvalue weighted by atomic mass is 16.1. The number of rotatable bonds is 7. The average Bonchev–Trinajstić information content (AvgIpc) is 2.98. The van der Waals surface area contributed by atoms with Crippen LogP contribution >= 0.6 is 0 Å². The first-order valence-electron chi connectivity index (χ1n) is 9.68. The number of carbonyl (C=O) groups excluding carboxylic acids is 1. The van der Waals surface area contributed by atoms with Crippen molar-refractivity contribution in [2.75, 3.05) is 18.9 Å². The van der Waals surface area contributed by atoms with E-state index in [1.807, 2.05) is 43.0 Å². The summed E-state index contributed by atoms with van der Waals surface area (Å²) < 4.78 is 1.87. The Morgan fingerprint density at radius 3 is 2.75 bits per heavy atom. The van der Waals surface area contributed by atoms with Crippen molar-refractivity contribution in [3.8, 4) is 0 Å². The second-order valence-corrected chi connectivity index (χ2v) is 7.28. The predicted octanol–water partition coefficient (Wildman–Crippen LogP) is 3.10. The molecule has 1 heterocycles. The van der Waals surface area contributed by atoms with Gasteiger partial charge in [0.25, 0.3) is 0 Å². The average molecular weight is 385 g/mol. The molecule has 1 amide bonds. The number of amides is 1. The number of guanidine groups is 1. The molecule has 0 aliphatic heterocycles. The van der Waals surface area contributed by atoms with Crippen LogP contribution in [0.4, 0.5) is 5.69 Å². The smallest absolute Gasteiger partial charge is 0.221 e. The summed E-state index contributed by atoms with van der Waals surface area (Å²) in [6.45, 7) is 9.94. The molecule has 2 N–H and O–H groups in total. The van der Waals surface area contributed by atoms with E-state index in [0.29, 0.717) is 12.5 Å². The molecule has 0 aliphatic carbocycles. The van der Waals surface area contributed by atoms with Gasteiger partial charge in [0.15, 0.2) is 5.96 Å².